The van der Waals surface area contributed by atoms with Crippen molar-refractivity contribution in [1.82, 2.24) is 0 Å². The Labute approximate surface area is 156 Å². The monoisotopic (exact) mass is 458 g/mol. The Hall–Kier alpha value is 0.439. The Morgan fingerprint density at radius 3 is 1.91 bits per heavy atom. The summed E-state index contributed by atoms with van der Waals surface area (Å²) in [4.78, 5) is 21.3. The minimum atomic E-state index is -0.441. The number of esters is 2. The predicted octanol–water partition coefficient (Wildman–Crippen LogP) is 3.45. The molecule has 0 spiro atoms. The van der Waals surface area contributed by atoms with Crippen molar-refractivity contribution in [3.8, 4) is 0 Å². The molecule has 0 rings (SSSR count). The molecule has 0 aromatic rings. The third-order valence-electron chi connectivity index (χ3n) is 2.48. The molecule has 22 heavy (non-hydrogen) atoms. The molecule has 1 unspecified atom stereocenters. The molecule has 0 aliphatic carbocycles. The van der Waals surface area contributed by atoms with Gasteiger partial charge in [-0.15, -0.1) is 0 Å². The second-order valence-corrected chi connectivity index (χ2v) is 9.67. The Balaban J connectivity index is 0. The SMILES string of the molecule is CC(COC(=O)CS)OC(=O)CS.CCC[CH2][Sn][CH2]CCC. The molecule has 4 nitrogen and oxygen atoms in total. The molecule has 0 bridgehead atoms. The van der Waals surface area contributed by atoms with Gasteiger partial charge in [0.25, 0.3) is 0 Å². The van der Waals surface area contributed by atoms with E-state index in [0.717, 1.165) is 0 Å². The van der Waals surface area contributed by atoms with Crippen LogP contribution >= 0.6 is 25.3 Å². The van der Waals surface area contributed by atoms with Crippen molar-refractivity contribution in [2.45, 2.75) is 61.4 Å². The van der Waals surface area contributed by atoms with Gasteiger partial charge in [0.1, 0.15) is 12.7 Å². The van der Waals surface area contributed by atoms with Gasteiger partial charge in [0, 0.05) is 0 Å². The minimum absolute atomic E-state index is 0.0187. The van der Waals surface area contributed by atoms with E-state index in [9.17, 15) is 9.59 Å². The van der Waals surface area contributed by atoms with Crippen molar-refractivity contribution in [2.24, 2.45) is 0 Å². The van der Waals surface area contributed by atoms with E-state index in [0.29, 0.717) is 0 Å². The zero-order valence-corrected chi connectivity index (χ0v) is 18.6. The van der Waals surface area contributed by atoms with Gasteiger partial charge in [-0.25, -0.2) is 0 Å². The summed E-state index contributed by atoms with van der Waals surface area (Å²) in [7, 11) is 0. The van der Waals surface area contributed by atoms with Gasteiger partial charge in [-0.2, -0.15) is 25.3 Å². The molecule has 7 heteroatoms. The number of ether oxygens (including phenoxy) is 2. The van der Waals surface area contributed by atoms with Crippen molar-refractivity contribution in [2.75, 3.05) is 18.1 Å². The van der Waals surface area contributed by atoms with Crippen molar-refractivity contribution in [3.63, 3.8) is 0 Å². The first-order valence-corrected chi connectivity index (χ1v) is 13.1. The molecule has 0 amide bonds. The van der Waals surface area contributed by atoms with E-state index in [4.69, 9.17) is 4.74 Å². The molecule has 0 saturated heterocycles. The Kier molecular flexibility index (Phi) is 21.9. The van der Waals surface area contributed by atoms with E-state index in [1.165, 1.54) is 25.7 Å². The predicted molar refractivity (Wildman–Crippen MR) is 99.4 cm³/mol. The van der Waals surface area contributed by atoms with Crippen molar-refractivity contribution < 1.29 is 19.1 Å². The molecule has 0 fully saturated rings. The molecule has 0 aromatic carbocycles. The van der Waals surface area contributed by atoms with Crippen LogP contribution in [0.15, 0.2) is 0 Å². The van der Waals surface area contributed by atoms with E-state index >= 15 is 0 Å². The van der Waals surface area contributed by atoms with Gasteiger partial charge in [0.05, 0.1) is 11.5 Å². The topological polar surface area (TPSA) is 52.6 Å². The zero-order valence-electron chi connectivity index (χ0n) is 14.0. The number of rotatable bonds is 11. The first-order chi connectivity index (χ1) is 10.5. The number of unbranched alkanes of at least 4 members (excludes halogenated alkanes) is 2. The van der Waals surface area contributed by atoms with Gasteiger partial charge in [0.2, 0.25) is 0 Å². The first kappa shape index (κ1) is 24.7. The van der Waals surface area contributed by atoms with Crippen LogP contribution in [-0.2, 0) is 19.1 Å². The van der Waals surface area contributed by atoms with E-state index in [2.05, 4.69) is 43.8 Å². The Morgan fingerprint density at radius 2 is 1.50 bits per heavy atom. The van der Waals surface area contributed by atoms with Crippen LogP contribution in [0.5, 0.6) is 0 Å². The van der Waals surface area contributed by atoms with Crippen LogP contribution < -0.4 is 0 Å². The molecule has 0 aliphatic heterocycles. The maximum atomic E-state index is 10.7. The number of thiol groups is 2. The molecule has 130 valence electrons. The molecule has 0 aliphatic rings. The average molecular weight is 457 g/mol. The Bertz CT molecular complexity index is 272. The molecular formula is C15H30O4S2Sn. The third kappa shape index (κ3) is 20.4. The molecule has 0 aromatic heterocycles. The molecular weight excluding hydrogens is 427 g/mol. The van der Waals surface area contributed by atoms with Gasteiger partial charge < -0.3 is 9.47 Å². The van der Waals surface area contributed by atoms with Gasteiger partial charge in [0.15, 0.2) is 0 Å². The quantitative estimate of drug-likeness (QED) is 0.216. The fraction of sp³-hybridized carbons (Fsp3) is 0.867. The summed E-state index contributed by atoms with van der Waals surface area (Å²) < 4.78 is 12.7. The van der Waals surface area contributed by atoms with E-state index in [-0.39, 0.29) is 39.3 Å². The number of carbonyl (C=O) groups is 2. The van der Waals surface area contributed by atoms with Gasteiger partial charge in [-0.3, -0.25) is 9.59 Å². The third-order valence-corrected chi connectivity index (χ3v) is 7.04. The normalized spacial score (nSPS) is 11.1. The second kappa shape index (κ2) is 19.5. The maximum absolute atomic E-state index is 10.7. The number of hydrogen-bond acceptors (Lipinski definition) is 6. The summed E-state index contributed by atoms with van der Waals surface area (Å²) in [5.41, 5.74) is 0. The van der Waals surface area contributed by atoms with Crippen molar-refractivity contribution in [1.29, 1.82) is 0 Å². The molecule has 2 radical (unpaired) electrons. The van der Waals surface area contributed by atoms with Crippen LogP contribution in [0.4, 0.5) is 0 Å². The van der Waals surface area contributed by atoms with Crippen LogP contribution in [-0.4, -0.2) is 57.3 Å². The fourth-order valence-electron chi connectivity index (χ4n) is 1.28. The first-order valence-electron chi connectivity index (χ1n) is 7.79. The van der Waals surface area contributed by atoms with Crippen LogP contribution in [0.2, 0.25) is 8.87 Å². The van der Waals surface area contributed by atoms with Crippen LogP contribution in [0.3, 0.4) is 0 Å². The zero-order chi connectivity index (χ0) is 17.2. The van der Waals surface area contributed by atoms with E-state index in [1.807, 2.05) is 0 Å². The Morgan fingerprint density at radius 1 is 1.00 bits per heavy atom. The van der Waals surface area contributed by atoms with Crippen molar-refractivity contribution in [3.05, 3.63) is 0 Å². The average Bonchev–Trinajstić information content (AvgIpc) is 2.53. The van der Waals surface area contributed by atoms with Crippen LogP contribution in [0.25, 0.3) is 0 Å². The molecule has 0 N–H and O–H groups in total. The van der Waals surface area contributed by atoms with E-state index < -0.39 is 18.0 Å². The van der Waals surface area contributed by atoms with Gasteiger partial charge in [-0.05, 0) is 6.92 Å². The molecule has 0 heterocycles. The number of carbonyl (C=O) groups excluding carboxylic acids is 2. The summed E-state index contributed by atoms with van der Waals surface area (Å²) in [6.45, 7) is 6.27. The summed E-state index contributed by atoms with van der Waals surface area (Å²) >= 11 is 7.58. The second-order valence-electron chi connectivity index (χ2n) is 4.76. The molecule has 0 saturated carbocycles. The van der Waals surface area contributed by atoms with Crippen LogP contribution in [0, 0.1) is 0 Å². The summed E-state index contributed by atoms with van der Waals surface area (Å²) in [6, 6.07) is 0. The molecule has 1 atom stereocenters. The van der Waals surface area contributed by atoms with Crippen LogP contribution in [0.1, 0.15) is 46.5 Å². The van der Waals surface area contributed by atoms with Gasteiger partial charge in [-0.1, -0.05) is 0 Å². The summed E-state index contributed by atoms with van der Waals surface area (Å²) in [5, 5.41) is 0. The van der Waals surface area contributed by atoms with Crippen molar-refractivity contribution >= 4 is 58.3 Å². The van der Waals surface area contributed by atoms with E-state index in [1.54, 1.807) is 15.8 Å². The fourth-order valence-corrected chi connectivity index (χ4v) is 5.60. The summed E-state index contributed by atoms with van der Waals surface area (Å²) in [6.07, 6.45) is 5.40. The van der Waals surface area contributed by atoms with Gasteiger partial charge >= 0.3 is 81.5 Å². The standard InChI is InChI=1S/C7H12O4S2.2C4H9.Sn/c1-5(11-7(9)4-13)2-10-6(8)3-12;2*1-3-4-2;/h5,12-13H,2-4H2,1H3;2*1,3-4H2,2H3;. The number of hydrogen-bond donors (Lipinski definition) is 2. The summed E-state index contributed by atoms with van der Waals surface area (Å²) in [5.74, 6) is -0.826.